The van der Waals surface area contributed by atoms with Crippen LogP contribution < -0.4 is 0 Å². The molecule has 0 amide bonds. The van der Waals surface area contributed by atoms with Crippen molar-refractivity contribution in [2.24, 2.45) is 0 Å². The van der Waals surface area contributed by atoms with E-state index in [0.717, 1.165) is 21.3 Å². The van der Waals surface area contributed by atoms with Gasteiger partial charge in [-0.25, -0.2) is 4.98 Å². The maximum absolute atomic E-state index is 11.1. The van der Waals surface area contributed by atoms with Crippen LogP contribution in [0.4, 0.5) is 0 Å². The zero-order chi connectivity index (χ0) is 11.7. The van der Waals surface area contributed by atoms with Gasteiger partial charge in [0.2, 0.25) is 0 Å². The SMILES string of the molecule is CC(=O)c1ncc(-c2cc(Br)ccc2C)[nH]1. The number of hydrogen-bond acceptors (Lipinski definition) is 2. The lowest BCUT2D eigenvalue weighted by Gasteiger charge is -2.03. The predicted octanol–water partition coefficient (Wildman–Crippen LogP) is 3.35. The third-order valence-electron chi connectivity index (χ3n) is 2.40. The van der Waals surface area contributed by atoms with Gasteiger partial charge in [0.05, 0.1) is 11.9 Å². The van der Waals surface area contributed by atoms with E-state index in [4.69, 9.17) is 0 Å². The lowest BCUT2D eigenvalue weighted by atomic mass is 10.1. The van der Waals surface area contributed by atoms with E-state index >= 15 is 0 Å². The second-order valence-electron chi connectivity index (χ2n) is 3.66. The van der Waals surface area contributed by atoms with E-state index in [2.05, 4.69) is 25.9 Å². The summed E-state index contributed by atoms with van der Waals surface area (Å²) in [5, 5.41) is 0. The molecular weight excluding hydrogens is 268 g/mol. The number of carbonyl (C=O) groups is 1. The summed E-state index contributed by atoms with van der Waals surface area (Å²) < 4.78 is 1.01. The topological polar surface area (TPSA) is 45.8 Å². The van der Waals surface area contributed by atoms with Crippen LogP contribution in [0.2, 0.25) is 0 Å². The van der Waals surface area contributed by atoms with Crippen molar-refractivity contribution in [1.82, 2.24) is 9.97 Å². The van der Waals surface area contributed by atoms with E-state index in [1.54, 1.807) is 6.20 Å². The fraction of sp³-hybridized carbons (Fsp3) is 0.167. The molecule has 1 aromatic carbocycles. The second kappa shape index (κ2) is 4.22. The fourth-order valence-electron chi connectivity index (χ4n) is 1.52. The quantitative estimate of drug-likeness (QED) is 0.857. The number of aromatic amines is 1. The number of hydrogen-bond donors (Lipinski definition) is 1. The van der Waals surface area contributed by atoms with Crippen LogP contribution in [0.3, 0.4) is 0 Å². The highest BCUT2D eigenvalue weighted by Crippen LogP contribution is 2.25. The molecule has 0 radical (unpaired) electrons. The molecule has 0 saturated carbocycles. The Morgan fingerprint density at radius 3 is 2.81 bits per heavy atom. The molecule has 0 aliphatic heterocycles. The van der Waals surface area contributed by atoms with Crippen LogP contribution >= 0.6 is 15.9 Å². The lowest BCUT2D eigenvalue weighted by Crippen LogP contribution is -1.94. The van der Waals surface area contributed by atoms with E-state index in [9.17, 15) is 4.79 Å². The van der Waals surface area contributed by atoms with Gasteiger partial charge in [-0.15, -0.1) is 0 Å². The first-order chi connectivity index (χ1) is 7.58. The number of benzene rings is 1. The molecular formula is C12H11BrN2O. The summed E-state index contributed by atoms with van der Waals surface area (Å²) in [6.45, 7) is 3.52. The molecule has 4 heteroatoms. The Morgan fingerprint density at radius 1 is 1.44 bits per heavy atom. The molecule has 16 heavy (non-hydrogen) atoms. The maximum Gasteiger partial charge on any atom is 0.194 e. The van der Waals surface area contributed by atoms with Crippen molar-refractivity contribution in [2.45, 2.75) is 13.8 Å². The zero-order valence-electron chi connectivity index (χ0n) is 9.04. The lowest BCUT2D eigenvalue weighted by molar-refractivity contribution is 0.100. The monoisotopic (exact) mass is 278 g/mol. The molecule has 0 aliphatic carbocycles. The van der Waals surface area contributed by atoms with Gasteiger partial charge in [-0.05, 0) is 24.6 Å². The first-order valence-electron chi connectivity index (χ1n) is 4.90. The zero-order valence-corrected chi connectivity index (χ0v) is 10.6. The molecule has 3 nitrogen and oxygen atoms in total. The van der Waals surface area contributed by atoms with Crippen molar-refractivity contribution >= 4 is 21.7 Å². The van der Waals surface area contributed by atoms with Crippen LogP contribution in [0.25, 0.3) is 11.3 Å². The van der Waals surface area contributed by atoms with E-state index in [1.807, 2.05) is 25.1 Å². The summed E-state index contributed by atoms with van der Waals surface area (Å²) in [5.74, 6) is 0.341. The average Bonchev–Trinajstić information content (AvgIpc) is 2.70. The third-order valence-corrected chi connectivity index (χ3v) is 2.89. The van der Waals surface area contributed by atoms with Crippen molar-refractivity contribution in [3.8, 4) is 11.3 Å². The molecule has 0 bridgehead atoms. The summed E-state index contributed by atoms with van der Waals surface area (Å²) in [6, 6.07) is 6.02. The van der Waals surface area contributed by atoms with Crippen molar-refractivity contribution in [3.05, 3.63) is 40.3 Å². The molecule has 2 aromatic rings. The van der Waals surface area contributed by atoms with E-state index in [1.165, 1.54) is 6.92 Å². The van der Waals surface area contributed by atoms with E-state index in [0.29, 0.717) is 5.82 Å². The molecule has 82 valence electrons. The van der Waals surface area contributed by atoms with Gasteiger partial charge in [0.25, 0.3) is 0 Å². The normalized spacial score (nSPS) is 10.4. The summed E-state index contributed by atoms with van der Waals surface area (Å²) in [4.78, 5) is 18.2. The molecule has 0 spiro atoms. The van der Waals surface area contributed by atoms with Crippen molar-refractivity contribution in [2.75, 3.05) is 0 Å². The predicted molar refractivity (Wildman–Crippen MR) is 66.5 cm³/mol. The van der Waals surface area contributed by atoms with Gasteiger partial charge in [0, 0.05) is 17.0 Å². The van der Waals surface area contributed by atoms with Crippen LogP contribution in [0.5, 0.6) is 0 Å². The highest BCUT2D eigenvalue weighted by atomic mass is 79.9. The first kappa shape index (κ1) is 11.1. The van der Waals surface area contributed by atoms with Crippen molar-refractivity contribution in [3.63, 3.8) is 0 Å². The van der Waals surface area contributed by atoms with E-state index in [-0.39, 0.29) is 5.78 Å². The number of nitrogens with zero attached hydrogens (tertiary/aromatic N) is 1. The maximum atomic E-state index is 11.1. The number of Topliss-reactive ketones (excluding diaryl/α,β-unsaturated/α-hetero) is 1. The van der Waals surface area contributed by atoms with Gasteiger partial charge >= 0.3 is 0 Å². The van der Waals surface area contributed by atoms with Gasteiger partial charge in [-0.1, -0.05) is 22.0 Å². The van der Waals surface area contributed by atoms with Crippen LogP contribution in [0.1, 0.15) is 23.1 Å². The minimum Gasteiger partial charge on any atom is -0.336 e. The molecule has 0 atom stereocenters. The molecule has 0 unspecified atom stereocenters. The van der Waals surface area contributed by atoms with Crippen LogP contribution in [0, 0.1) is 6.92 Å². The number of nitrogens with one attached hydrogen (secondary N) is 1. The van der Waals surface area contributed by atoms with Crippen LogP contribution in [-0.4, -0.2) is 15.8 Å². The Bertz CT molecular complexity index is 546. The summed E-state index contributed by atoms with van der Waals surface area (Å²) in [5.41, 5.74) is 3.06. The number of aromatic nitrogens is 2. The Kier molecular flexibility index (Phi) is 2.92. The minimum atomic E-state index is -0.0566. The van der Waals surface area contributed by atoms with Gasteiger partial charge in [0.1, 0.15) is 0 Å². The van der Waals surface area contributed by atoms with Gasteiger partial charge < -0.3 is 4.98 Å². The fourth-order valence-corrected chi connectivity index (χ4v) is 1.88. The van der Waals surface area contributed by atoms with Crippen LogP contribution in [0.15, 0.2) is 28.9 Å². The Labute approximate surface area is 102 Å². The molecule has 1 N–H and O–H groups in total. The first-order valence-corrected chi connectivity index (χ1v) is 5.69. The standard InChI is InChI=1S/C12H11BrN2O/c1-7-3-4-9(13)5-10(7)11-6-14-12(15-11)8(2)16/h3-6H,1-2H3,(H,14,15). The number of ketones is 1. The number of halogens is 1. The third kappa shape index (κ3) is 2.07. The van der Waals surface area contributed by atoms with Gasteiger partial charge in [-0.2, -0.15) is 0 Å². The second-order valence-corrected chi connectivity index (χ2v) is 4.58. The Morgan fingerprint density at radius 2 is 2.19 bits per heavy atom. The van der Waals surface area contributed by atoms with Crippen molar-refractivity contribution in [1.29, 1.82) is 0 Å². The smallest absolute Gasteiger partial charge is 0.194 e. The highest BCUT2D eigenvalue weighted by molar-refractivity contribution is 9.10. The highest BCUT2D eigenvalue weighted by Gasteiger charge is 2.08. The number of imidazole rings is 1. The molecule has 1 aromatic heterocycles. The largest absolute Gasteiger partial charge is 0.336 e. The molecule has 1 heterocycles. The summed E-state index contributed by atoms with van der Waals surface area (Å²) in [6.07, 6.45) is 1.69. The van der Waals surface area contributed by atoms with Crippen molar-refractivity contribution < 1.29 is 4.79 Å². The van der Waals surface area contributed by atoms with Gasteiger partial charge in [0.15, 0.2) is 11.6 Å². The van der Waals surface area contributed by atoms with Crippen LogP contribution in [-0.2, 0) is 0 Å². The Balaban J connectivity index is 2.50. The number of aryl methyl sites for hydroxylation is 1. The van der Waals surface area contributed by atoms with Gasteiger partial charge in [-0.3, -0.25) is 4.79 Å². The molecule has 0 fully saturated rings. The number of H-pyrrole nitrogens is 1. The number of carbonyl (C=O) groups excluding carboxylic acids is 1. The molecule has 0 saturated heterocycles. The summed E-state index contributed by atoms with van der Waals surface area (Å²) >= 11 is 3.43. The molecule has 0 aliphatic rings. The number of rotatable bonds is 2. The summed E-state index contributed by atoms with van der Waals surface area (Å²) in [7, 11) is 0. The molecule has 2 rings (SSSR count). The van der Waals surface area contributed by atoms with E-state index < -0.39 is 0 Å². The Hall–Kier alpha value is -1.42. The minimum absolute atomic E-state index is 0.0566. The average molecular weight is 279 g/mol.